The maximum atomic E-state index is 12.5. The average Bonchev–Trinajstić information content (AvgIpc) is 2.84. The lowest BCUT2D eigenvalue weighted by atomic mass is 10.00. The zero-order chi connectivity index (χ0) is 13.7. The van der Waals surface area contributed by atoms with E-state index in [9.17, 15) is 9.59 Å². The van der Waals surface area contributed by atoms with Crippen molar-refractivity contribution < 1.29 is 9.59 Å². The lowest BCUT2D eigenvalue weighted by molar-refractivity contribution is -0.123. The van der Waals surface area contributed by atoms with Gasteiger partial charge in [0, 0.05) is 4.47 Å². The number of anilines is 1. The largest absolute Gasteiger partial charge is 0.274 e. The van der Waals surface area contributed by atoms with Crippen LogP contribution < -0.4 is 4.90 Å². The average molecular weight is 322 g/mol. The molecule has 0 spiro atoms. The van der Waals surface area contributed by atoms with Crippen LogP contribution in [0.25, 0.3) is 0 Å². The molecule has 1 saturated carbocycles. The highest BCUT2D eigenvalue weighted by Crippen LogP contribution is 2.45. The number of rotatable bonds is 1. The van der Waals surface area contributed by atoms with Crippen molar-refractivity contribution in [3.8, 4) is 0 Å². The van der Waals surface area contributed by atoms with Crippen LogP contribution in [0, 0.1) is 24.7 Å². The number of imide groups is 1. The number of hydrogen-bond donors (Lipinski definition) is 0. The summed E-state index contributed by atoms with van der Waals surface area (Å²) in [5.74, 6) is 0.261. The molecule has 2 fully saturated rings. The van der Waals surface area contributed by atoms with Gasteiger partial charge in [-0.05, 0) is 43.4 Å². The topological polar surface area (TPSA) is 37.4 Å². The van der Waals surface area contributed by atoms with Crippen LogP contribution >= 0.6 is 15.9 Å². The van der Waals surface area contributed by atoms with E-state index < -0.39 is 0 Å². The van der Waals surface area contributed by atoms with Crippen LogP contribution in [0.1, 0.15) is 25.3 Å². The van der Waals surface area contributed by atoms with Gasteiger partial charge in [-0.1, -0.05) is 28.9 Å². The van der Waals surface area contributed by atoms with E-state index in [1.54, 1.807) is 0 Å². The van der Waals surface area contributed by atoms with Crippen molar-refractivity contribution in [2.45, 2.75) is 26.7 Å². The van der Waals surface area contributed by atoms with Gasteiger partial charge in [0.2, 0.25) is 11.8 Å². The van der Waals surface area contributed by atoms with Gasteiger partial charge >= 0.3 is 0 Å². The molecule has 2 unspecified atom stereocenters. The molecule has 19 heavy (non-hydrogen) atoms. The van der Waals surface area contributed by atoms with Gasteiger partial charge in [-0.15, -0.1) is 0 Å². The molecule has 1 aliphatic carbocycles. The van der Waals surface area contributed by atoms with Gasteiger partial charge in [0.15, 0.2) is 0 Å². The Morgan fingerprint density at radius 2 is 1.74 bits per heavy atom. The van der Waals surface area contributed by atoms with E-state index in [2.05, 4.69) is 22.9 Å². The molecule has 0 bridgehead atoms. The van der Waals surface area contributed by atoms with Gasteiger partial charge in [0.25, 0.3) is 0 Å². The smallest absolute Gasteiger partial charge is 0.237 e. The van der Waals surface area contributed by atoms with E-state index in [4.69, 9.17) is 0 Å². The summed E-state index contributed by atoms with van der Waals surface area (Å²) < 4.78 is 0.888. The van der Waals surface area contributed by atoms with E-state index in [0.29, 0.717) is 5.92 Å². The van der Waals surface area contributed by atoms with Crippen LogP contribution in [-0.2, 0) is 9.59 Å². The summed E-state index contributed by atoms with van der Waals surface area (Å²) in [5.41, 5.74) is 1.68. The highest BCUT2D eigenvalue weighted by Gasteiger charge is 2.52. The number of aryl methyl sites for hydroxylation is 1. The van der Waals surface area contributed by atoms with Gasteiger partial charge in [-0.2, -0.15) is 0 Å². The summed E-state index contributed by atoms with van der Waals surface area (Å²) in [6.45, 7) is 4.05. The predicted octanol–water partition coefficient (Wildman–Crippen LogP) is 3.29. The third-order valence-electron chi connectivity index (χ3n) is 4.29. The summed E-state index contributed by atoms with van der Waals surface area (Å²) in [7, 11) is 0. The first kappa shape index (κ1) is 12.9. The summed E-state index contributed by atoms with van der Waals surface area (Å²) in [6.07, 6.45) is 1.69. The Balaban J connectivity index is 2.01. The molecule has 1 heterocycles. The second-order valence-electron chi connectivity index (χ2n) is 5.73. The Morgan fingerprint density at radius 1 is 1.16 bits per heavy atom. The van der Waals surface area contributed by atoms with Crippen LogP contribution in [0.15, 0.2) is 22.7 Å². The number of carbonyl (C=O) groups is 2. The molecular weight excluding hydrogens is 306 g/mol. The van der Waals surface area contributed by atoms with Crippen LogP contribution in [0.3, 0.4) is 0 Å². The van der Waals surface area contributed by atoms with Crippen molar-refractivity contribution in [1.29, 1.82) is 0 Å². The number of nitrogens with zero attached hydrogens (tertiary/aromatic N) is 1. The molecule has 2 atom stereocenters. The monoisotopic (exact) mass is 321 g/mol. The van der Waals surface area contributed by atoms with Crippen molar-refractivity contribution in [3.63, 3.8) is 0 Å². The van der Waals surface area contributed by atoms with Crippen LogP contribution in [0.2, 0.25) is 0 Å². The normalized spacial score (nSPS) is 30.1. The third-order valence-corrected chi connectivity index (χ3v) is 4.78. The summed E-state index contributed by atoms with van der Waals surface area (Å²) in [4.78, 5) is 26.4. The molecule has 4 heteroatoms. The van der Waals surface area contributed by atoms with E-state index in [0.717, 1.165) is 28.6 Å². The van der Waals surface area contributed by atoms with Gasteiger partial charge < -0.3 is 0 Å². The molecular formula is C15H16BrNO2. The molecule has 2 aliphatic rings. The van der Waals surface area contributed by atoms with Crippen molar-refractivity contribution in [1.82, 2.24) is 0 Å². The number of fused-ring (bicyclic) bond motifs is 1. The Morgan fingerprint density at radius 3 is 2.32 bits per heavy atom. The second-order valence-corrected chi connectivity index (χ2v) is 6.65. The lowest BCUT2D eigenvalue weighted by Gasteiger charge is -2.19. The Kier molecular flexibility index (Phi) is 3.01. The number of benzene rings is 1. The molecule has 0 N–H and O–H groups in total. The highest BCUT2D eigenvalue weighted by molar-refractivity contribution is 9.10. The molecule has 1 saturated heterocycles. The first-order chi connectivity index (χ1) is 8.99. The summed E-state index contributed by atoms with van der Waals surface area (Å²) in [6, 6.07) is 5.71. The second kappa shape index (κ2) is 4.44. The Bertz CT molecular complexity index is 545. The number of halogens is 1. The van der Waals surface area contributed by atoms with Gasteiger partial charge in [-0.25, -0.2) is 4.90 Å². The minimum absolute atomic E-state index is 0.0134. The van der Waals surface area contributed by atoms with Crippen molar-refractivity contribution in [2.75, 3.05) is 4.90 Å². The fourth-order valence-electron chi connectivity index (χ4n) is 3.34. The molecule has 1 aromatic rings. The fraction of sp³-hybridized carbons (Fsp3) is 0.467. The third kappa shape index (κ3) is 1.93. The molecule has 2 amide bonds. The molecule has 3 rings (SSSR count). The lowest BCUT2D eigenvalue weighted by Crippen LogP contribution is -2.32. The van der Waals surface area contributed by atoms with E-state index in [1.807, 2.05) is 25.1 Å². The van der Waals surface area contributed by atoms with Crippen LogP contribution in [-0.4, -0.2) is 11.8 Å². The number of hydrogen-bond acceptors (Lipinski definition) is 2. The van der Waals surface area contributed by atoms with Crippen LogP contribution in [0.4, 0.5) is 5.69 Å². The van der Waals surface area contributed by atoms with E-state index >= 15 is 0 Å². The Labute approximate surface area is 121 Å². The number of carbonyl (C=O) groups excluding carboxylic acids is 2. The highest BCUT2D eigenvalue weighted by atomic mass is 79.9. The standard InChI is InChI=1S/C15H16BrNO2/c1-8-5-11-12(6-8)15(19)17(14(11)18)13-7-10(16)4-3-9(13)2/h3-4,7-8,11-12H,5-6H2,1-2H3. The first-order valence-electron chi connectivity index (χ1n) is 6.63. The quantitative estimate of drug-likeness (QED) is 0.744. The molecule has 1 aliphatic heterocycles. The minimum Gasteiger partial charge on any atom is -0.274 e. The SMILES string of the molecule is Cc1ccc(Br)cc1N1C(=O)C2CC(C)CC2C1=O. The minimum atomic E-state index is -0.0964. The predicted molar refractivity (Wildman–Crippen MR) is 76.8 cm³/mol. The van der Waals surface area contributed by atoms with Crippen molar-refractivity contribution >= 4 is 33.4 Å². The zero-order valence-corrected chi connectivity index (χ0v) is 12.6. The molecule has 100 valence electrons. The Hall–Kier alpha value is -1.16. The van der Waals surface area contributed by atoms with E-state index in [-0.39, 0.29) is 23.7 Å². The number of amides is 2. The van der Waals surface area contributed by atoms with Gasteiger partial charge in [0.1, 0.15) is 0 Å². The van der Waals surface area contributed by atoms with Gasteiger partial charge in [0.05, 0.1) is 17.5 Å². The molecule has 1 aromatic carbocycles. The van der Waals surface area contributed by atoms with E-state index in [1.165, 1.54) is 4.90 Å². The maximum absolute atomic E-state index is 12.5. The first-order valence-corrected chi connectivity index (χ1v) is 7.42. The zero-order valence-electron chi connectivity index (χ0n) is 11.0. The maximum Gasteiger partial charge on any atom is 0.237 e. The molecule has 0 radical (unpaired) electrons. The van der Waals surface area contributed by atoms with Crippen molar-refractivity contribution in [3.05, 3.63) is 28.2 Å². The molecule has 3 nitrogen and oxygen atoms in total. The summed E-state index contributed by atoms with van der Waals surface area (Å²) in [5, 5.41) is 0. The van der Waals surface area contributed by atoms with Crippen LogP contribution in [0.5, 0.6) is 0 Å². The fourth-order valence-corrected chi connectivity index (χ4v) is 3.69. The summed E-state index contributed by atoms with van der Waals surface area (Å²) >= 11 is 3.40. The molecule has 0 aromatic heterocycles. The van der Waals surface area contributed by atoms with Crippen molar-refractivity contribution in [2.24, 2.45) is 17.8 Å². The van der Waals surface area contributed by atoms with Gasteiger partial charge in [-0.3, -0.25) is 9.59 Å².